The fraction of sp³-hybridized carbons (Fsp3) is 0.231. The first-order valence-electron chi connectivity index (χ1n) is 5.27. The molecule has 0 spiro atoms. The Morgan fingerprint density at radius 3 is 2.69 bits per heavy atom. The Bertz CT molecular complexity index is 506. The fourth-order valence-corrected chi connectivity index (χ4v) is 1.63. The molecule has 0 aliphatic heterocycles. The topological polar surface area (TPSA) is 41.6 Å². The molecule has 3 heteroatoms. The lowest BCUT2D eigenvalue weighted by Crippen LogP contribution is -2.01. The number of benzene rings is 1. The van der Waals surface area contributed by atoms with Gasteiger partial charge in [0.05, 0.1) is 11.3 Å². The van der Waals surface area contributed by atoms with Crippen molar-refractivity contribution < 1.29 is 0 Å². The van der Waals surface area contributed by atoms with E-state index in [1.807, 2.05) is 29.8 Å². The van der Waals surface area contributed by atoms with Gasteiger partial charge in [0, 0.05) is 12.7 Å². The first-order valence-corrected chi connectivity index (χ1v) is 5.27. The summed E-state index contributed by atoms with van der Waals surface area (Å²) in [4.78, 5) is 0. The summed E-state index contributed by atoms with van der Waals surface area (Å²) in [6, 6.07) is 12.4. The third-order valence-corrected chi connectivity index (χ3v) is 2.54. The molecule has 1 aromatic heterocycles. The molecular weight excluding hydrogens is 198 g/mol. The van der Waals surface area contributed by atoms with E-state index in [0.29, 0.717) is 5.56 Å². The van der Waals surface area contributed by atoms with Crippen LogP contribution in [-0.2, 0) is 13.0 Å². The molecule has 0 N–H and O–H groups in total. The molecule has 0 amide bonds. The lowest BCUT2D eigenvalue weighted by atomic mass is 10.1. The van der Waals surface area contributed by atoms with Crippen LogP contribution in [0, 0.1) is 18.3 Å². The summed E-state index contributed by atoms with van der Waals surface area (Å²) in [5, 5.41) is 13.1. The highest BCUT2D eigenvalue weighted by Gasteiger charge is 2.03. The third-order valence-electron chi connectivity index (χ3n) is 2.54. The maximum atomic E-state index is 8.81. The molecule has 0 radical (unpaired) electrons. The Morgan fingerprint density at radius 1 is 1.31 bits per heavy atom. The summed E-state index contributed by atoms with van der Waals surface area (Å²) in [5.41, 5.74) is 2.75. The van der Waals surface area contributed by atoms with Crippen molar-refractivity contribution in [2.45, 2.75) is 19.9 Å². The molecule has 0 atom stereocenters. The Labute approximate surface area is 94.9 Å². The Balaban J connectivity index is 2.03. The molecule has 1 heterocycles. The van der Waals surface area contributed by atoms with Gasteiger partial charge in [-0.2, -0.15) is 10.4 Å². The minimum atomic E-state index is 0.660. The predicted octanol–water partition coefficient (Wildman–Crippen LogP) is 2.31. The van der Waals surface area contributed by atoms with E-state index < -0.39 is 0 Å². The van der Waals surface area contributed by atoms with E-state index in [0.717, 1.165) is 18.7 Å². The van der Waals surface area contributed by atoms with Crippen LogP contribution in [0.1, 0.15) is 16.8 Å². The summed E-state index contributed by atoms with van der Waals surface area (Å²) in [6.07, 6.45) is 2.74. The van der Waals surface area contributed by atoms with Crippen molar-refractivity contribution >= 4 is 0 Å². The Kier molecular flexibility index (Phi) is 3.02. The smallest absolute Gasteiger partial charge is 0.103 e. The van der Waals surface area contributed by atoms with Crippen LogP contribution < -0.4 is 0 Å². The van der Waals surface area contributed by atoms with Crippen molar-refractivity contribution in [3.8, 4) is 6.07 Å². The zero-order chi connectivity index (χ0) is 11.4. The largest absolute Gasteiger partial charge is 0.271 e. The fourth-order valence-electron chi connectivity index (χ4n) is 1.63. The number of rotatable bonds is 3. The van der Waals surface area contributed by atoms with E-state index in [1.165, 1.54) is 5.56 Å². The molecule has 2 rings (SSSR count). The predicted molar refractivity (Wildman–Crippen MR) is 61.8 cm³/mol. The third kappa shape index (κ3) is 2.29. The molecule has 1 aromatic carbocycles. The lowest BCUT2D eigenvalue weighted by Gasteiger charge is -2.01. The summed E-state index contributed by atoms with van der Waals surface area (Å²) in [5.74, 6) is 0. The van der Waals surface area contributed by atoms with Crippen molar-refractivity contribution in [2.24, 2.45) is 0 Å². The van der Waals surface area contributed by atoms with Gasteiger partial charge in [-0.1, -0.05) is 30.3 Å². The zero-order valence-electron chi connectivity index (χ0n) is 9.22. The molecule has 3 nitrogen and oxygen atoms in total. The summed E-state index contributed by atoms with van der Waals surface area (Å²) < 4.78 is 1.83. The second-order valence-corrected chi connectivity index (χ2v) is 3.74. The van der Waals surface area contributed by atoms with Crippen LogP contribution in [0.4, 0.5) is 0 Å². The van der Waals surface area contributed by atoms with Crippen molar-refractivity contribution in [1.29, 1.82) is 5.26 Å². The van der Waals surface area contributed by atoms with Gasteiger partial charge in [-0.15, -0.1) is 0 Å². The second kappa shape index (κ2) is 4.63. The molecule has 0 unspecified atom stereocenters. The van der Waals surface area contributed by atoms with Crippen molar-refractivity contribution in [3.63, 3.8) is 0 Å². The van der Waals surface area contributed by atoms with E-state index in [1.54, 1.807) is 6.20 Å². The van der Waals surface area contributed by atoms with Gasteiger partial charge in [-0.3, -0.25) is 4.68 Å². The van der Waals surface area contributed by atoms with Crippen LogP contribution in [0.3, 0.4) is 0 Å². The van der Waals surface area contributed by atoms with E-state index in [2.05, 4.69) is 23.3 Å². The van der Waals surface area contributed by atoms with Gasteiger partial charge in [-0.25, -0.2) is 0 Å². The molecule has 2 aromatic rings. The average molecular weight is 211 g/mol. The number of hydrogen-bond acceptors (Lipinski definition) is 2. The van der Waals surface area contributed by atoms with Gasteiger partial charge in [0.2, 0.25) is 0 Å². The molecule has 16 heavy (non-hydrogen) atoms. The maximum Gasteiger partial charge on any atom is 0.103 e. The molecule has 0 aliphatic rings. The number of aromatic nitrogens is 2. The van der Waals surface area contributed by atoms with Crippen molar-refractivity contribution in [2.75, 3.05) is 0 Å². The van der Waals surface area contributed by atoms with Gasteiger partial charge in [0.25, 0.3) is 0 Å². The molecule has 0 aliphatic carbocycles. The number of aryl methyl sites for hydroxylation is 3. The molecule has 0 saturated heterocycles. The van der Waals surface area contributed by atoms with Gasteiger partial charge in [0.1, 0.15) is 6.07 Å². The van der Waals surface area contributed by atoms with Crippen LogP contribution in [-0.4, -0.2) is 9.78 Å². The minimum absolute atomic E-state index is 0.660. The molecule has 0 fully saturated rings. The van der Waals surface area contributed by atoms with Gasteiger partial charge >= 0.3 is 0 Å². The maximum absolute atomic E-state index is 8.81. The monoisotopic (exact) mass is 211 g/mol. The van der Waals surface area contributed by atoms with Gasteiger partial charge in [-0.05, 0) is 18.9 Å². The summed E-state index contributed by atoms with van der Waals surface area (Å²) in [7, 11) is 0. The highest BCUT2D eigenvalue weighted by atomic mass is 15.3. The van der Waals surface area contributed by atoms with E-state index in [4.69, 9.17) is 5.26 Å². The van der Waals surface area contributed by atoms with Gasteiger partial charge < -0.3 is 0 Å². The molecule has 80 valence electrons. The first kappa shape index (κ1) is 10.4. The highest BCUT2D eigenvalue weighted by Crippen LogP contribution is 2.05. The summed E-state index contributed by atoms with van der Waals surface area (Å²) in [6.45, 7) is 2.67. The molecule has 0 saturated carbocycles. The normalized spacial score (nSPS) is 10.0. The minimum Gasteiger partial charge on any atom is -0.271 e. The van der Waals surface area contributed by atoms with Crippen LogP contribution in [0.15, 0.2) is 36.5 Å². The van der Waals surface area contributed by atoms with Crippen LogP contribution >= 0.6 is 0 Å². The highest BCUT2D eigenvalue weighted by molar-refractivity contribution is 5.29. The molecule has 0 bridgehead atoms. The Morgan fingerprint density at radius 2 is 2.06 bits per heavy atom. The second-order valence-electron chi connectivity index (χ2n) is 3.74. The SMILES string of the molecule is Cc1nn(CCc2ccccc2)cc1C#N. The average Bonchev–Trinajstić information content (AvgIpc) is 2.69. The van der Waals surface area contributed by atoms with Crippen molar-refractivity contribution in [3.05, 3.63) is 53.3 Å². The molecular formula is C13H13N3. The number of nitrogens with zero attached hydrogens (tertiary/aromatic N) is 3. The summed E-state index contributed by atoms with van der Waals surface area (Å²) >= 11 is 0. The van der Waals surface area contributed by atoms with E-state index >= 15 is 0 Å². The number of hydrogen-bond donors (Lipinski definition) is 0. The standard InChI is InChI=1S/C13H13N3/c1-11-13(9-14)10-16(15-11)8-7-12-5-3-2-4-6-12/h2-6,10H,7-8H2,1H3. The van der Waals surface area contributed by atoms with Crippen LogP contribution in [0.2, 0.25) is 0 Å². The van der Waals surface area contributed by atoms with Crippen LogP contribution in [0.5, 0.6) is 0 Å². The first-order chi connectivity index (χ1) is 7.79. The van der Waals surface area contributed by atoms with E-state index in [9.17, 15) is 0 Å². The van der Waals surface area contributed by atoms with Gasteiger partial charge in [0.15, 0.2) is 0 Å². The lowest BCUT2D eigenvalue weighted by molar-refractivity contribution is 0.610. The van der Waals surface area contributed by atoms with Crippen molar-refractivity contribution in [1.82, 2.24) is 9.78 Å². The quantitative estimate of drug-likeness (QED) is 0.781. The zero-order valence-corrected chi connectivity index (χ0v) is 9.22. The Hall–Kier alpha value is -2.08. The van der Waals surface area contributed by atoms with E-state index in [-0.39, 0.29) is 0 Å². The van der Waals surface area contributed by atoms with Crippen LogP contribution in [0.25, 0.3) is 0 Å². The number of nitriles is 1.